The molecule has 0 aliphatic heterocycles. The van der Waals surface area contributed by atoms with Crippen molar-refractivity contribution < 1.29 is 5.11 Å². The molecule has 104 valence electrons. The summed E-state index contributed by atoms with van der Waals surface area (Å²) in [5.41, 5.74) is 1.06. The van der Waals surface area contributed by atoms with E-state index < -0.39 is 0 Å². The molecule has 3 rings (SSSR count). The molecule has 2 heteroatoms. The van der Waals surface area contributed by atoms with Crippen LogP contribution in [0.25, 0.3) is 0 Å². The van der Waals surface area contributed by atoms with Gasteiger partial charge in [0.1, 0.15) is 0 Å². The standard InChI is InChI=1S/C18H20OSe/c1-13-14(2)18(13,20-16-11-7-4-8-12-16)17(19)15-9-5-3-6-10-15/h3-14,17,19H,1-2H3/t13-,14-,17?/m1/s1. The first kappa shape index (κ1) is 13.9. The van der Waals surface area contributed by atoms with E-state index in [0.29, 0.717) is 26.8 Å². The Balaban J connectivity index is 1.90. The molecule has 0 amide bonds. The topological polar surface area (TPSA) is 20.2 Å². The van der Waals surface area contributed by atoms with Crippen LogP contribution in [0.15, 0.2) is 60.7 Å². The molecule has 0 bridgehead atoms. The van der Waals surface area contributed by atoms with Crippen molar-refractivity contribution in [2.24, 2.45) is 11.8 Å². The summed E-state index contributed by atoms with van der Waals surface area (Å²) in [6.07, 6.45) is -0.353. The zero-order chi connectivity index (χ0) is 14.2. The quantitative estimate of drug-likeness (QED) is 0.853. The third-order valence-corrected chi connectivity index (χ3v) is 8.48. The summed E-state index contributed by atoms with van der Waals surface area (Å²) in [6, 6.07) is 20.8. The Kier molecular flexibility index (Phi) is 3.72. The van der Waals surface area contributed by atoms with Crippen molar-refractivity contribution in [3.63, 3.8) is 0 Å². The minimum absolute atomic E-state index is 0.0513. The Bertz CT molecular complexity index is 558. The Morgan fingerprint density at radius 2 is 1.40 bits per heavy atom. The zero-order valence-corrected chi connectivity index (χ0v) is 13.6. The summed E-state index contributed by atoms with van der Waals surface area (Å²) >= 11 is 0.294. The molecule has 0 saturated heterocycles. The average molecular weight is 331 g/mol. The molecule has 1 aliphatic carbocycles. The number of aliphatic hydroxyl groups excluding tert-OH is 1. The van der Waals surface area contributed by atoms with Gasteiger partial charge in [0.25, 0.3) is 0 Å². The van der Waals surface area contributed by atoms with Crippen molar-refractivity contribution >= 4 is 19.4 Å². The molecule has 0 heterocycles. The molecule has 0 aromatic heterocycles. The van der Waals surface area contributed by atoms with Crippen molar-refractivity contribution in [1.82, 2.24) is 0 Å². The van der Waals surface area contributed by atoms with Crippen molar-refractivity contribution in [2.45, 2.75) is 24.3 Å². The van der Waals surface area contributed by atoms with Crippen molar-refractivity contribution in [1.29, 1.82) is 0 Å². The van der Waals surface area contributed by atoms with Crippen LogP contribution in [0.4, 0.5) is 0 Å². The van der Waals surface area contributed by atoms with Gasteiger partial charge in [0, 0.05) is 0 Å². The Labute approximate surface area is 127 Å². The average Bonchev–Trinajstić information content (AvgIpc) is 3.02. The van der Waals surface area contributed by atoms with E-state index in [1.807, 2.05) is 30.3 Å². The molecule has 3 atom stereocenters. The van der Waals surface area contributed by atoms with E-state index in [2.05, 4.69) is 44.2 Å². The Morgan fingerprint density at radius 1 is 0.900 bits per heavy atom. The summed E-state index contributed by atoms with van der Waals surface area (Å²) in [5.74, 6) is 1.16. The van der Waals surface area contributed by atoms with Gasteiger partial charge in [-0.25, -0.2) is 0 Å². The molecule has 2 aromatic carbocycles. The molecule has 0 radical (unpaired) electrons. The van der Waals surface area contributed by atoms with E-state index in [1.54, 1.807) is 0 Å². The van der Waals surface area contributed by atoms with Crippen LogP contribution < -0.4 is 4.46 Å². The van der Waals surface area contributed by atoms with Crippen LogP contribution >= 0.6 is 0 Å². The normalized spacial score (nSPS) is 29.9. The molecule has 2 aromatic rings. The van der Waals surface area contributed by atoms with E-state index in [9.17, 15) is 5.11 Å². The second-order valence-corrected chi connectivity index (χ2v) is 8.56. The van der Waals surface area contributed by atoms with Gasteiger partial charge in [0.05, 0.1) is 0 Å². The monoisotopic (exact) mass is 332 g/mol. The number of aliphatic hydroxyl groups is 1. The molecule has 1 saturated carbocycles. The first-order valence-corrected chi connectivity index (χ1v) is 8.84. The summed E-state index contributed by atoms with van der Waals surface area (Å²) in [4.78, 5) is 0. The SMILES string of the molecule is C[C@@H]1[C@@H](C)C1([Se]c1ccccc1)C(O)c1ccccc1. The van der Waals surface area contributed by atoms with Crippen LogP contribution in [-0.4, -0.2) is 20.1 Å². The first-order chi connectivity index (χ1) is 9.66. The van der Waals surface area contributed by atoms with Gasteiger partial charge in [0.2, 0.25) is 0 Å². The molecule has 1 fully saturated rings. The second kappa shape index (κ2) is 5.37. The molecular weight excluding hydrogens is 311 g/mol. The van der Waals surface area contributed by atoms with Gasteiger partial charge in [-0.1, -0.05) is 0 Å². The Hall–Kier alpha value is -1.08. The van der Waals surface area contributed by atoms with Crippen LogP contribution in [0.5, 0.6) is 0 Å². The number of hydrogen-bond donors (Lipinski definition) is 1. The van der Waals surface area contributed by atoms with E-state index in [1.165, 1.54) is 4.46 Å². The minimum atomic E-state index is -0.353. The fourth-order valence-corrected chi connectivity index (χ4v) is 6.58. The maximum absolute atomic E-state index is 10.9. The summed E-state index contributed by atoms with van der Waals surface area (Å²) in [6.45, 7) is 4.56. The number of hydrogen-bond acceptors (Lipinski definition) is 1. The predicted molar refractivity (Wildman–Crippen MR) is 84.3 cm³/mol. The summed E-state index contributed by atoms with van der Waals surface area (Å²) < 4.78 is 1.43. The van der Waals surface area contributed by atoms with E-state index >= 15 is 0 Å². The number of benzene rings is 2. The molecule has 1 nitrogen and oxygen atoms in total. The van der Waals surface area contributed by atoms with Crippen LogP contribution in [0, 0.1) is 11.8 Å². The van der Waals surface area contributed by atoms with E-state index in [-0.39, 0.29) is 10.4 Å². The van der Waals surface area contributed by atoms with Crippen molar-refractivity contribution in [2.75, 3.05) is 0 Å². The van der Waals surface area contributed by atoms with Gasteiger partial charge in [0.15, 0.2) is 0 Å². The third kappa shape index (κ3) is 2.22. The molecule has 1 unspecified atom stereocenters. The van der Waals surface area contributed by atoms with Gasteiger partial charge in [-0.2, -0.15) is 0 Å². The number of rotatable bonds is 4. The van der Waals surface area contributed by atoms with Crippen LogP contribution in [0.3, 0.4) is 0 Å². The second-order valence-electron chi connectivity index (χ2n) is 5.66. The molecule has 1 aliphatic rings. The molecule has 1 N–H and O–H groups in total. The van der Waals surface area contributed by atoms with Gasteiger partial charge >= 0.3 is 127 Å². The van der Waals surface area contributed by atoms with Gasteiger partial charge in [-0.15, -0.1) is 0 Å². The molecule has 20 heavy (non-hydrogen) atoms. The maximum atomic E-state index is 10.9. The molecular formula is C18H20OSe. The van der Waals surface area contributed by atoms with Gasteiger partial charge in [-0.3, -0.25) is 0 Å². The van der Waals surface area contributed by atoms with Crippen LogP contribution in [-0.2, 0) is 0 Å². The first-order valence-electron chi connectivity index (χ1n) is 7.13. The van der Waals surface area contributed by atoms with Crippen LogP contribution in [0.1, 0.15) is 25.5 Å². The summed E-state index contributed by atoms with van der Waals surface area (Å²) in [5, 5.41) is 10.9. The van der Waals surface area contributed by atoms with Crippen molar-refractivity contribution in [3.8, 4) is 0 Å². The molecule has 0 spiro atoms. The fraction of sp³-hybridized carbons (Fsp3) is 0.333. The van der Waals surface area contributed by atoms with E-state index in [4.69, 9.17) is 0 Å². The van der Waals surface area contributed by atoms with Crippen molar-refractivity contribution in [3.05, 3.63) is 66.2 Å². The third-order valence-electron chi connectivity index (χ3n) is 4.64. The van der Waals surface area contributed by atoms with Crippen LogP contribution in [0.2, 0.25) is 4.31 Å². The van der Waals surface area contributed by atoms with E-state index in [0.717, 1.165) is 5.56 Å². The Morgan fingerprint density at radius 3 is 1.90 bits per heavy atom. The van der Waals surface area contributed by atoms with Gasteiger partial charge in [-0.05, 0) is 0 Å². The predicted octanol–water partition coefficient (Wildman–Crippen LogP) is 3.19. The fourth-order valence-electron chi connectivity index (χ4n) is 3.10. The summed E-state index contributed by atoms with van der Waals surface area (Å²) in [7, 11) is 0. The zero-order valence-electron chi connectivity index (χ0n) is 11.9. The van der Waals surface area contributed by atoms with Gasteiger partial charge < -0.3 is 0 Å².